The van der Waals surface area contributed by atoms with Gasteiger partial charge in [0.25, 0.3) is 0 Å². The van der Waals surface area contributed by atoms with Crippen LogP contribution in [-0.4, -0.2) is 49.5 Å². The number of para-hydroxylation sites is 1. The summed E-state index contributed by atoms with van der Waals surface area (Å²) in [5.74, 6) is 0.293. The van der Waals surface area contributed by atoms with Gasteiger partial charge in [0.1, 0.15) is 10.6 Å². The summed E-state index contributed by atoms with van der Waals surface area (Å²) in [6.07, 6.45) is 5.18. The molecular formula is C20H26N4O4S. The molecule has 2 N–H and O–H groups in total. The molecule has 29 heavy (non-hydrogen) atoms. The average molecular weight is 419 g/mol. The number of carbonyl (C=O) groups excluding carboxylic acids is 1. The lowest BCUT2D eigenvalue weighted by atomic mass is 10.1. The van der Waals surface area contributed by atoms with E-state index in [1.165, 1.54) is 16.7 Å². The van der Waals surface area contributed by atoms with Crippen molar-refractivity contribution in [1.82, 2.24) is 14.6 Å². The first-order valence-electron chi connectivity index (χ1n) is 9.71. The number of benzene rings is 1. The molecule has 1 aromatic heterocycles. The first kappa shape index (κ1) is 21.1. The molecule has 3 rings (SSSR count). The molecule has 2 heterocycles. The molecule has 1 aliphatic rings. The van der Waals surface area contributed by atoms with Gasteiger partial charge in [-0.25, -0.2) is 13.2 Å². The minimum atomic E-state index is -3.80. The monoisotopic (exact) mass is 418 g/mol. The Morgan fingerprint density at radius 2 is 2.03 bits per heavy atom. The van der Waals surface area contributed by atoms with Crippen LogP contribution in [0.5, 0.6) is 5.75 Å². The maximum absolute atomic E-state index is 13.3. The van der Waals surface area contributed by atoms with E-state index in [1.807, 2.05) is 18.2 Å². The van der Waals surface area contributed by atoms with Crippen LogP contribution in [0, 0.1) is 0 Å². The zero-order valence-electron chi connectivity index (χ0n) is 16.4. The molecule has 0 unspecified atom stereocenters. The van der Waals surface area contributed by atoms with Gasteiger partial charge in [0.15, 0.2) is 0 Å². The van der Waals surface area contributed by atoms with Gasteiger partial charge < -0.3 is 15.4 Å². The van der Waals surface area contributed by atoms with E-state index in [0.29, 0.717) is 31.0 Å². The SMILES string of the molecule is CCOc1ccncc1S(=O)(=O)N1CCCC[C@@H]1CNC(=O)Nc1ccccc1. The fourth-order valence-corrected chi connectivity index (χ4v) is 5.13. The highest BCUT2D eigenvalue weighted by Gasteiger charge is 2.35. The highest BCUT2D eigenvalue weighted by molar-refractivity contribution is 7.89. The fraction of sp³-hybridized carbons (Fsp3) is 0.400. The highest BCUT2D eigenvalue weighted by Crippen LogP contribution is 2.30. The molecule has 8 nitrogen and oxygen atoms in total. The fourth-order valence-electron chi connectivity index (χ4n) is 3.36. The minimum Gasteiger partial charge on any atom is -0.492 e. The van der Waals surface area contributed by atoms with E-state index in [2.05, 4.69) is 15.6 Å². The van der Waals surface area contributed by atoms with Gasteiger partial charge in [-0.15, -0.1) is 0 Å². The second-order valence-corrected chi connectivity index (χ2v) is 8.58. The van der Waals surface area contributed by atoms with Crippen molar-refractivity contribution in [2.24, 2.45) is 0 Å². The molecule has 0 spiro atoms. The number of pyridine rings is 1. The number of aromatic nitrogens is 1. The van der Waals surface area contributed by atoms with E-state index in [0.717, 1.165) is 12.8 Å². The molecule has 9 heteroatoms. The van der Waals surface area contributed by atoms with Crippen LogP contribution in [0.15, 0.2) is 53.7 Å². The molecule has 1 aliphatic heterocycles. The van der Waals surface area contributed by atoms with Crippen molar-refractivity contribution in [2.75, 3.05) is 25.0 Å². The zero-order chi connectivity index (χ0) is 20.7. The van der Waals surface area contributed by atoms with Crippen LogP contribution in [0.1, 0.15) is 26.2 Å². The smallest absolute Gasteiger partial charge is 0.319 e. The standard InChI is InChI=1S/C20H26N4O4S/c1-2-28-18-11-12-21-15-19(18)29(26,27)24-13-7-6-10-17(24)14-22-20(25)23-16-8-4-3-5-9-16/h3-5,8-9,11-12,15,17H,2,6-7,10,13-14H2,1H3,(H2,22,23,25)/t17-/m1/s1. The van der Waals surface area contributed by atoms with Gasteiger partial charge in [-0.3, -0.25) is 4.98 Å². The number of hydrogen-bond acceptors (Lipinski definition) is 5. The minimum absolute atomic E-state index is 0.0579. The van der Waals surface area contributed by atoms with E-state index in [1.54, 1.807) is 25.1 Å². The summed E-state index contributed by atoms with van der Waals surface area (Å²) >= 11 is 0. The van der Waals surface area contributed by atoms with E-state index >= 15 is 0 Å². The summed E-state index contributed by atoms with van der Waals surface area (Å²) in [5.41, 5.74) is 0.676. The van der Waals surface area contributed by atoms with Gasteiger partial charge in [-0.1, -0.05) is 24.6 Å². The second kappa shape index (κ2) is 9.71. The summed E-state index contributed by atoms with van der Waals surface area (Å²) in [6, 6.07) is 9.96. The molecule has 1 fully saturated rings. The maximum Gasteiger partial charge on any atom is 0.319 e. The first-order chi connectivity index (χ1) is 14.0. The predicted octanol–water partition coefficient (Wildman–Crippen LogP) is 2.85. The lowest BCUT2D eigenvalue weighted by Crippen LogP contribution is -2.49. The molecule has 156 valence electrons. The number of rotatable bonds is 7. The summed E-state index contributed by atoms with van der Waals surface area (Å²) in [6.45, 7) is 2.78. The Balaban J connectivity index is 1.71. The molecule has 0 bridgehead atoms. The van der Waals surface area contributed by atoms with E-state index < -0.39 is 10.0 Å². The van der Waals surface area contributed by atoms with Crippen LogP contribution >= 0.6 is 0 Å². The van der Waals surface area contributed by atoms with Crippen LogP contribution in [0.4, 0.5) is 10.5 Å². The summed E-state index contributed by atoms with van der Waals surface area (Å²) in [5, 5.41) is 5.54. The summed E-state index contributed by atoms with van der Waals surface area (Å²) < 4.78 is 33.6. The van der Waals surface area contributed by atoms with Crippen molar-refractivity contribution < 1.29 is 17.9 Å². The number of nitrogens with one attached hydrogen (secondary N) is 2. The third-order valence-electron chi connectivity index (χ3n) is 4.74. The van der Waals surface area contributed by atoms with Crippen molar-refractivity contribution in [3.8, 4) is 5.75 Å². The highest BCUT2D eigenvalue weighted by atomic mass is 32.2. The average Bonchev–Trinajstić information content (AvgIpc) is 2.74. The third-order valence-corrected chi connectivity index (χ3v) is 6.70. The quantitative estimate of drug-likeness (QED) is 0.720. The molecule has 2 aromatic rings. The van der Waals surface area contributed by atoms with Gasteiger partial charge >= 0.3 is 6.03 Å². The van der Waals surface area contributed by atoms with Crippen LogP contribution in [-0.2, 0) is 10.0 Å². The Morgan fingerprint density at radius 3 is 2.79 bits per heavy atom. The number of ether oxygens (including phenoxy) is 1. The van der Waals surface area contributed by atoms with E-state index in [-0.39, 0.29) is 23.5 Å². The van der Waals surface area contributed by atoms with E-state index in [4.69, 9.17) is 4.74 Å². The Labute approximate surface area is 171 Å². The van der Waals surface area contributed by atoms with Crippen LogP contribution in [0.25, 0.3) is 0 Å². The lowest BCUT2D eigenvalue weighted by molar-refractivity contribution is 0.230. The van der Waals surface area contributed by atoms with Crippen LogP contribution in [0.2, 0.25) is 0 Å². The number of hydrogen-bond donors (Lipinski definition) is 2. The Morgan fingerprint density at radius 1 is 1.24 bits per heavy atom. The number of sulfonamides is 1. The molecule has 0 saturated carbocycles. The predicted molar refractivity (Wildman–Crippen MR) is 110 cm³/mol. The largest absolute Gasteiger partial charge is 0.492 e. The van der Waals surface area contributed by atoms with Crippen LogP contribution in [0.3, 0.4) is 0 Å². The molecule has 0 radical (unpaired) electrons. The Kier molecular flexibility index (Phi) is 7.05. The van der Waals surface area contributed by atoms with Crippen molar-refractivity contribution in [2.45, 2.75) is 37.1 Å². The van der Waals surface area contributed by atoms with Crippen LogP contribution < -0.4 is 15.4 Å². The van der Waals surface area contributed by atoms with E-state index in [9.17, 15) is 13.2 Å². The molecule has 1 aromatic carbocycles. The molecule has 1 saturated heterocycles. The number of carbonyl (C=O) groups is 1. The molecular weight excluding hydrogens is 392 g/mol. The van der Waals surface area contributed by atoms with Gasteiger partial charge in [0.2, 0.25) is 10.0 Å². The zero-order valence-corrected chi connectivity index (χ0v) is 17.2. The first-order valence-corrected chi connectivity index (χ1v) is 11.1. The molecule has 0 aliphatic carbocycles. The third kappa shape index (κ3) is 5.24. The summed E-state index contributed by atoms with van der Waals surface area (Å²) in [4.78, 5) is 16.2. The Bertz CT molecular complexity index is 921. The number of piperidine rings is 1. The normalized spacial score (nSPS) is 17.5. The number of urea groups is 1. The van der Waals surface area contributed by atoms with Gasteiger partial charge in [-0.2, -0.15) is 4.31 Å². The Hall–Kier alpha value is -2.65. The lowest BCUT2D eigenvalue weighted by Gasteiger charge is -2.35. The summed E-state index contributed by atoms with van der Waals surface area (Å²) in [7, 11) is -3.80. The molecule has 2 amide bonds. The number of amides is 2. The van der Waals surface area contributed by atoms with Gasteiger partial charge in [0.05, 0.1) is 12.8 Å². The van der Waals surface area contributed by atoms with Crippen molar-refractivity contribution in [3.63, 3.8) is 0 Å². The van der Waals surface area contributed by atoms with Crippen molar-refractivity contribution in [3.05, 3.63) is 48.8 Å². The topological polar surface area (TPSA) is 101 Å². The molecule has 1 atom stereocenters. The van der Waals surface area contributed by atoms with Gasteiger partial charge in [0, 0.05) is 31.0 Å². The number of anilines is 1. The maximum atomic E-state index is 13.3. The second-order valence-electron chi connectivity index (χ2n) is 6.72. The van der Waals surface area contributed by atoms with Crippen molar-refractivity contribution in [1.29, 1.82) is 0 Å². The number of nitrogens with zero attached hydrogens (tertiary/aromatic N) is 2. The van der Waals surface area contributed by atoms with Crippen molar-refractivity contribution >= 4 is 21.7 Å². The van der Waals surface area contributed by atoms with Gasteiger partial charge in [-0.05, 0) is 38.0 Å².